The highest BCUT2D eigenvalue weighted by atomic mass is 35.5. The molecule has 0 saturated heterocycles. The molecule has 1 fully saturated rings. The summed E-state index contributed by atoms with van der Waals surface area (Å²) in [5.41, 5.74) is 4.33. The second-order valence-electron chi connectivity index (χ2n) is 7.85. The highest BCUT2D eigenvalue weighted by Gasteiger charge is 2.29. The number of alkyl halides is 1. The van der Waals surface area contributed by atoms with Gasteiger partial charge in [0, 0.05) is 24.8 Å². The Morgan fingerprint density at radius 2 is 1.59 bits per heavy atom. The molecule has 1 aliphatic rings. The van der Waals surface area contributed by atoms with Crippen molar-refractivity contribution in [2.45, 2.75) is 63.7 Å². The molecule has 2 nitrogen and oxygen atoms in total. The molecule has 0 spiro atoms. The molecule has 0 aromatic heterocycles. The zero-order valence-corrected chi connectivity index (χ0v) is 18.7. The molecule has 0 amide bonds. The number of hydrogen-bond donors (Lipinski definition) is 0. The SMILES string of the molecule is CC#N.CCCN(CCCc1ccc(C2CCC2Cl)cc1)CCc1ccccc1. The fourth-order valence-electron chi connectivity index (χ4n) is 3.86. The first kappa shape index (κ1) is 23.5. The Bertz CT molecular complexity index is 721. The average molecular weight is 411 g/mol. The van der Waals surface area contributed by atoms with Crippen LogP contribution in [-0.4, -0.2) is 29.9 Å². The number of nitrogens with zero attached hydrogens (tertiary/aromatic N) is 2. The van der Waals surface area contributed by atoms with E-state index in [1.807, 2.05) is 0 Å². The number of aryl methyl sites for hydroxylation is 1. The molecule has 2 aromatic rings. The molecule has 29 heavy (non-hydrogen) atoms. The standard InChI is InChI=1S/C24H32ClN.C2H3N/c1-2-17-26(19-16-20-7-4-3-5-8-20)18-6-9-21-10-12-22(13-11-21)23-14-15-24(23)25;1-2-3/h3-5,7-8,10-13,23-24H,2,6,9,14-19H2,1H3;1H3. The quantitative estimate of drug-likeness (QED) is 0.413. The third-order valence-corrected chi connectivity index (χ3v) is 6.16. The van der Waals surface area contributed by atoms with E-state index in [4.69, 9.17) is 16.9 Å². The Labute approximate surface area is 182 Å². The predicted molar refractivity (Wildman–Crippen MR) is 125 cm³/mol. The van der Waals surface area contributed by atoms with Gasteiger partial charge < -0.3 is 4.90 Å². The third kappa shape index (κ3) is 8.21. The topological polar surface area (TPSA) is 27.0 Å². The summed E-state index contributed by atoms with van der Waals surface area (Å²) in [4.78, 5) is 2.62. The van der Waals surface area contributed by atoms with Gasteiger partial charge in [-0.2, -0.15) is 5.26 Å². The van der Waals surface area contributed by atoms with Crippen LogP contribution >= 0.6 is 11.6 Å². The highest BCUT2D eigenvalue weighted by Crippen LogP contribution is 2.40. The maximum Gasteiger partial charge on any atom is 0.0587 e. The van der Waals surface area contributed by atoms with E-state index >= 15 is 0 Å². The Morgan fingerprint density at radius 1 is 0.931 bits per heavy atom. The Balaban J connectivity index is 0.000000941. The van der Waals surface area contributed by atoms with Gasteiger partial charge in [0.05, 0.1) is 6.07 Å². The lowest BCUT2D eigenvalue weighted by atomic mass is 9.79. The second kappa shape index (κ2) is 13.4. The Hall–Kier alpha value is -1.82. The number of rotatable bonds is 10. The lowest BCUT2D eigenvalue weighted by molar-refractivity contribution is 0.274. The summed E-state index contributed by atoms with van der Waals surface area (Å²) in [6.07, 6.45) is 7.20. The zero-order valence-electron chi connectivity index (χ0n) is 18.0. The van der Waals surface area contributed by atoms with Gasteiger partial charge in [0.25, 0.3) is 0 Å². The summed E-state index contributed by atoms with van der Waals surface area (Å²) in [5.74, 6) is 0.587. The van der Waals surface area contributed by atoms with Gasteiger partial charge in [-0.3, -0.25) is 0 Å². The Morgan fingerprint density at radius 3 is 2.14 bits per heavy atom. The second-order valence-corrected chi connectivity index (χ2v) is 8.41. The minimum atomic E-state index is 0.355. The molecule has 2 aromatic carbocycles. The lowest BCUT2D eigenvalue weighted by Gasteiger charge is -2.32. The van der Waals surface area contributed by atoms with Crippen LogP contribution in [0, 0.1) is 11.3 Å². The van der Waals surface area contributed by atoms with Crippen LogP contribution in [0.25, 0.3) is 0 Å². The highest BCUT2D eigenvalue weighted by molar-refractivity contribution is 6.21. The number of hydrogen-bond acceptors (Lipinski definition) is 2. The smallest absolute Gasteiger partial charge is 0.0587 e. The predicted octanol–water partition coefficient (Wildman–Crippen LogP) is 6.59. The summed E-state index contributed by atoms with van der Waals surface area (Å²) in [6, 6.07) is 21.8. The van der Waals surface area contributed by atoms with Gasteiger partial charge in [0.15, 0.2) is 0 Å². The molecule has 3 heteroatoms. The van der Waals surface area contributed by atoms with Crippen molar-refractivity contribution in [3.05, 3.63) is 71.3 Å². The lowest BCUT2D eigenvalue weighted by Crippen LogP contribution is -2.28. The molecule has 1 saturated carbocycles. The molecule has 0 bridgehead atoms. The normalized spacial score (nSPS) is 17.8. The van der Waals surface area contributed by atoms with Crippen molar-refractivity contribution in [3.8, 4) is 6.07 Å². The molecule has 1 aliphatic carbocycles. The minimum absolute atomic E-state index is 0.355. The van der Waals surface area contributed by atoms with Gasteiger partial charge in [-0.1, -0.05) is 61.5 Å². The van der Waals surface area contributed by atoms with Crippen LogP contribution in [0.3, 0.4) is 0 Å². The number of nitriles is 1. The first-order valence-corrected chi connectivity index (χ1v) is 11.4. The summed E-state index contributed by atoms with van der Waals surface area (Å²) in [5, 5.41) is 7.67. The number of benzene rings is 2. The van der Waals surface area contributed by atoms with Crippen molar-refractivity contribution in [1.29, 1.82) is 5.26 Å². The molecule has 0 aliphatic heterocycles. The van der Waals surface area contributed by atoms with Crippen LogP contribution < -0.4 is 0 Å². The first-order chi connectivity index (χ1) is 14.2. The largest absolute Gasteiger partial charge is 0.303 e. The van der Waals surface area contributed by atoms with E-state index in [0.29, 0.717) is 11.3 Å². The maximum absolute atomic E-state index is 7.32. The van der Waals surface area contributed by atoms with Crippen LogP contribution in [0.2, 0.25) is 0 Å². The molecule has 2 unspecified atom stereocenters. The molecule has 0 radical (unpaired) electrons. The van der Waals surface area contributed by atoms with E-state index < -0.39 is 0 Å². The van der Waals surface area contributed by atoms with Crippen molar-refractivity contribution in [2.75, 3.05) is 19.6 Å². The van der Waals surface area contributed by atoms with Gasteiger partial charge in [-0.15, -0.1) is 11.6 Å². The van der Waals surface area contributed by atoms with Crippen LogP contribution in [0.15, 0.2) is 54.6 Å². The van der Waals surface area contributed by atoms with Crippen molar-refractivity contribution >= 4 is 11.6 Å². The monoisotopic (exact) mass is 410 g/mol. The van der Waals surface area contributed by atoms with E-state index in [9.17, 15) is 0 Å². The van der Waals surface area contributed by atoms with Crippen LogP contribution in [-0.2, 0) is 12.8 Å². The molecule has 0 heterocycles. The molecule has 2 atom stereocenters. The van der Waals surface area contributed by atoms with E-state index in [1.54, 1.807) is 6.07 Å². The van der Waals surface area contributed by atoms with Gasteiger partial charge in [0.2, 0.25) is 0 Å². The van der Waals surface area contributed by atoms with Crippen molar-refractivity contribution in [2.24, 2.45) is 0 Å². The molecular formula is C26H35ClN2. The summed E-state index contributed by atoms with van der Waals surface area (Å²) in [7, 11) is 0. The minimum Gasteiger partial charge on any atom is -0.303 e. The van der Waals surface area contributed by atoms with E-state index in [2.05, 4.69) is 66.4 Å². The fourth-order valence-corrected chi connectivity index (χ4v) is 4.25. The Kier molecular flexibility index (Phi) is 10.8. The molecule has 3 rings (SSSR count). The maximum atomic E-state index is 7.32. The molecular weight excluding hydrogens is 376 g/mol. The van der Waals surface area contributed by atoms with Gasteiger partial charge in [-0.25, -0.2) is 0 Å². The third-order valence-electron chi connectivity index (χ3n) is 5.64. The van der Waals surface area contributed by atoms with Crippen LogP contribution in [0.1, 0.15) is 62.1 Å². The van der Waals surface area contributed by atoms with E-state index in [1.165, 1.54) is 68.8 Å². The fraction of sp³-hybridized carbons (Fsp3) is 0.500. The van der Waals surface area contributed by atoms with Gasteiger partial charge in [-0.05, 0) is 68.3 Å². The van der Waals surface area contributed by atoms with Crippen LogP contribution in [0.4, 0.5) is 0 Å². The summed E-state index contributed by atoms with van der Waals surface area (Å²) in [6.45, 7) is 7.26. The van der Waals surface area contributed by atoms with Crippen molar-refractivity contribution in [3.63, 3.8) is 0 Å². The van der Waals surface area contributed by atoms with E-state index in [-0.39, 0.29) is 0 Å². The van der Waals surface area contributed by atoms with Crippen molar-refractivity contribution in [1.82, 2.24) is 4.90 Å². The average Bonchev–Trinajstić information content (AvgIpc) is 2.73. The van der Waals surface area contributed by atoms with Crippen LogP contribution in [0.5, 0.6) is 0 Å². The summed E-state index contributed by atoms with van der Waals surface area (Å²) < 4.78 is 0. The van der Waals surface area contributed by atoms with E-state index in [0.717, 1.165) is 13.0 Å². The molecule has 156 valence electrons. The van der Waals surface area contributed by atoms with Gasteiger partial charge in [0.1, 0.15) is 0 Å². The molecule has 0 N–H and O–H groups in total. The number of halogens is 1. The van der Waals surface area contributed by atoms with Crippen molar-refractivity contribution < 1.29 is 0 Å². The summed E-state index contributed by atoms with van der Waals surface area (Å²) >= 11 is 6.31. The first-order valence-electron chi connectivity index (χ1n) is 11.0. The van der Waals surface area contributed by atoms with Gasteiger partial charge >= 0.3 is 0 Å². The zero-order chi connectivity index (χ0) is 20.9.